The quantitative estimate of drug-likeness (QED) is 0.805. The molecule has 0 saturated heterocycles. The van der Waals surface area contributed by atoms with Crippen molar-refractivity contribution < 1.29 is 17.6 Å². The first-order valence-corrected chi connectivity index (χ1v) is 5.85. The maximum absolute atomic E-state index is 13.7. The van der Waals surface area contributed by atoms with Crippen molar-refractivity contribution in [2.45, 2.75) is 32.5 Å². The fourth-order valence-electron chi connectivity index (χ4n) is 1.94. The highest BCUT2D eigenvalue weighted by Crippen LogP contribution is 2.33. The van der Waals surface area contributed by atoms with Gasteiger partial charge in [-0.1, -0.05) is 20.3 Å². The lowest BCUT2D eigenvalue weighted by atomic mass is 9.91. The smallest absolute Gasteiger partial charge is 0.313 e. The summed E-state index contributed by atoms with van der Waals surface area (Å²) in [5.74, 6) is -0.560. The molecule has 0 saturated carbocycles. The molecule has 2 atom stereocenters. The average Bonchev–Trinajstić information content (AvgIpc) is 2.30. The first kappa shape index (κ1) is 15.0. The van der Waals surface area contributed by atoms with Crippen molar-refractivity contribution in [1.82, 2.24) is 5.32 Å². The molecule has 0 fully saturated rings. The minimum Gasteiger partial charge on any atom is -0.313 e. The minimum atomic E-state index is -4.45. The van der Waals surface area contributed by atoms with E-state index in [0.717, 1.165) is 24.6 Å². The monoisotopic (exact) mass is 263 g/mol. The molecule has 1 N–H and O–H groups in total. The van der Waals surface area contributed by atoms with Gasteiger partial charge in [-0.25, -0.2) is 4.39 Å². The summed E-state index contributed by atoms with van der Waals surface area (Å²) in [6.07, 6.45) is -3.70. The van der Waals surface area contributed by atoms with Gasteiger partial charge in [-0.2, -0.15) is 13.2 Å². The van der Waals surface area contributed by atoms with E-state index in [9.17, 15) is 17.6 Å². The van der Waals surface area contributed by atoms with E-state index in [4.69, 9.17) is 0 Å². The van der Waals surface area contributed by atoms with Gasteiger partial charge in [0.25, 0.3) is 0 Å². The average molecular weight is 263 g/mol. The number of halogens is 4. The van der Waals surface area contributed by atoms with Crippen molar-refractivity contribution >= 4 is 0 Å². The molecule has 1 rings (SSSR count). The van der Waals surface area contributed by atoms with Gasteiger partial charge >= 0.3 is 6.18 Å². The Hall–Kier alpha value is -1.10. The van der Waals surface area contributed by atoms with E-state index in [0.29, 0.717) is 0 Å². The normalized spacial score (nSPS) is 15.5. The fourth-order valence-corrected chi connectivity index (χ4v) is 1.94. The highest BCUT2D eigenvalue weighted by Gasteiger charge is 2.32. The van der Waals surface area contributed by atoms with E-state index < -0.39 is 23.6 Å². The topological polar surface area (TPSA) is 12.0 Å². The highest BCUT2D eigenvalue weighted by atomic mass is 19.4. The lowest BCUT2D eigenvalue weighted by Crippen LogP contribution is -2.24. The largest absolute Gasteiger partial charge is 0.416 e. The van der Waals surface area contributed by atoms with Gasteiger partial charge in [0.05, 0.1) is 5.56 Å². The van der Waals surface area contributed by atoms with Gasteiger partial charge < -0.3 is 5.32 Å². The molecule has 2 unspecified atom stereocenters. The molecule has 1 aromatic rings. The van der Waals surface area contributed by atoms with E-state index in [-0.39, 0.29) is 11.5 Å². The summed E-state index contributed by atoms with van der Waals surface area (Å²) < 4.78 is 51.5. The molecule has 0 aliphatic heterocycles. The maximum atomic E-state index is 13.7. The predicted molar refractivity (Wildman–Crippen MR) is 62.7 cm³/mol. The lowest BCUT2D eigenvalue weighted by Gasteiger charge is -2.24. The molecule has 0 aliphatic rings. The van der Waals surface area contributed by atoms with Crippen LogP contribution >= 0.6 is 0 Å². The standard InChI is InChI=1S/C13H17F4N/c1-4-8(2)12(18-3)10-7-9(13(15,16)17)5-6-11(10)14/h5-8,12,18H,4H2,1-3H3. The SMILES string of the molecule is CCC(C)C(NC)c1cc(C(F)(F)F)ccc1F. The zero-order valence-electron chi connectivity index (χ0n) is 10.6. The van der Waals surface area contributed by atoms with Crippen LogP contribution in [0.5, 0.6) is 0 Å². The maximum Gasteiger partial charge on any atom is 0.416 e. The zero-order chi connectivity index (χ0) is 13.9. The molecule has 1 nitrogen and oxygen atoms in total. The van der Waals surface area contributed by atoms with Gasteiger partial charge in [0.1, 0.15) is 5.82 Å². The van der Waals surface area contributed by atoms with Crippen molar-refractivity contribution in [3.63, 3.8) is 0 Å². The molecule has 0 bridgehead atoms. The molecule has 0 aromatic heterocycles. The molecule has 102 valence electrons. The number of hydrogen-bond acceptors (Lipinski definition) is 1. The van der Waals surface area contributed by atoms with Crippen molar-refractivity contribution in [1.29, 1.82) is 0 Å². The second-order valence-electron chi connectivity index (χ2n) is 4.39. The third-order valence-corrected chi connectivity index (χ3v) is 3.18. The number of hydrogen-bond donors (Lipinski definition) is 1. The minimum absolute atomic E-state index is 0.0491. The van der Waals surface area contributed by atoms with Crippen LogP contribution in [-0.2, 0) is 6.18 Å². The summed E-state index contributed by atoms with van der Waals surface area (Å²) in [7, 11) is 1.62. The second kappa shape index (κ2) is 5.69. The van der Waals surface area contributed by atoms with Crippen molar-refractivity contribution in [3.8, 4) is 0 Å². The number of benzene rings is 1. The Kier molecular flexibility index (Phi) is 4.73. The molecule has 1 aromatic carbocycles. The van der Waals surface area contributed by atoms with Crippen LogP contribution in [0.3, 0.4) is 0 Å². The molecule has 0 radical (unpaired) electrons. The Morgan fingerprint density at radius 1 is 1.28 bits per heavy atom. The molecular weight excluding hydrogens is 246 g/mol. The second-order valence-corrected chi connectivity index (χ2v) is 4.39. The Morgan fingerprint density at radius 3 is 2.33 bits per heavy atom. The summed E-state index contributed by atoms with van der Waals surface area (Å²) in [5, 5.41) is 2.88. The van der Waals surface area contributed by atoms with Gasteiger partial charge in [0, 0.05) is 11.6 Å². The number of nitrogens with one attached hydrogen (secondary N) is 1. The Labute approximate surface area is 104 Å². The summed E-state index contributed by atoms with van der Waals surface area (Å²) in [5.41, 5.74) is -0.746. The van der Waals surface area contributed by atoms with Gasteiger partial charge in [0.15, 0.2) is 0 Å². The molecule has 0 amide bonds. The third kappa shape index (κ3) is 3.22. The summed E-state index contributed by atoms with van der Waals surface area (Å²) in [6, 6.07) is 2.12. The number of alkyl halides is 3. The van der Waals surface area contributed by atoms with E-state index in [1.165, 1.54) is 0 Å². The fraction of sp³-hybridized carbons (Fsp3) is 0.538. The van der Waals surface area contributed by atoms with E-state index in [1.807, 2.05) is 13.8 Å². The number of rotatable bonds is 4. The van der Waals surface area contributed by atoms with Crippen LogP contribution in [0.2, 0.25) is 0 Å². The zero-order valence-corrected chi connectivity index (χ0v) is 10.6. The van der Waals surface area contributed by atoms with E-state index in [1.54, 1.807) is 7.05 Å². The molecule has 18 heavy (non-hydrogen) atoms. The Balaban J connectivity index is 3.21. The molecule has 5 heteroatoms. The summed E-state index contributed by atoms with van der Waals surface area (Å²) in [6.45, 7) is 3.79. The van der Waals surface area contributed by atoms with Crippen molar-refractivity contribution in [2.75, 3.05) is 7.05 Å². The van der Waals surface area contributed by atoms with Gasteiger partial charge in [0.2, 0.25) is 0 Å². The Bertz CT molecular complexity index is 400. The van der Waals surface area contributed by atoms with Crippen LogP contribution in [0, 0.1) is 11.7 Å². The molecule has 0 heterocycles. The van der Waals surface area contributed by atoms with Crippen LogP contribution < -0.4 is 5.32 Å². The van der Waals surface area contributed by atoms with Gasteiger partial charge in [-0.05, 0) is 31.2 Å². The summed E-state index contributed by atoms with van der Waals surface area (Å²) >= 11 is 0. The summed E-state index contributed by atoms with van der Waals surface area (Å²) in [4.78, 5) is 0. The van der Waals surface area contributed by atoms with Crippen molar-refractivity contribution in [3.05, 3.63) is 35.1 Å². The first-order chi connectivity index (χ1) is 8.31. The van der Waals surface area contributed by atoms with E-state index >= 15 is 0 Å². The predicted octanol–water partition coefficient (Wildman–Crippen LogP) is 4.15. The first-order valence-electron chi connectivity index (χ1n) is 5.85. The van der Waals surface area contributed by atoms with Gasteiger partial charge in [-0.3, -0.25) is 0 Å². The molecular formula is C13H17F4N. The van der Waals surface area contributed by atoms with E-state index in [2.05, 4.69) is 5.32 Å². The highest BCUT2D eigenvalue weighted by molar-refractivity contribution is 5.29. The molecule has 0 aliphatic carbocycles. The van der Waals surface area contributed by atoms with Crippen LogP contribution in [0.4, 0.5) is 17.6 Å². The van der Waals surface area contributed by atoms with Gasteiger partial charge in [-0.15, -0.1) is 0 Å². The van der Waals surface area contributed by atoms with Crippen molar-refractivity contribution in [2.24, 2.45) is 5.92 Å². The van der Waals surface area contributed by atoms with Crippen LogP contribution in [-0.4, -0.2) is 7.05 Å². The lowest BCUT2D eigenvalue weighted by molar-refractivity contribution is -0.137. The Morgan fingerprint density at radius 2 is 1.89 bits per heavy atom. The van der Waals surface area contributed by atoms with Crippen LogP contribution in [0.25, 0.3) is 0 Å². The third-order valence-electron chi connectivity index (χ3n) is 3.18. The van der Waals surface area contributed by atoms with Crippen LogP contribution in [0.1, 0.15) is 37.4 Å². The molecule has 0 spiro atoms. The van der Waals surface area contributed by atoms with Crippen LogP contribution in [0.15, 0.2) is 18.2 Å².